The van der Waals surface area contributed by atoms with Gasteiger partial charge in [-0.2, -0.15) is 4.31 Å². The number of anilines is 1. The summed E-state index contributed by atoms with van der Waals surface area (Å²) in [5, 5.41) is 2.82. The first-order valence-corrected chi connectivity index (χ1v) is 11.0. The van der Waals surface area contributed by atoms with E-state index in [2.05, 4.69) is 5.32 Å². The highest BCUT2D eigenvalue weighted by molar-refractivity contribution is 7.89. The van der Waals surface area contributed by atoms with Crippen LogP contribution in [0.4, 0.5) is 5.69 Å². The molecule has 2 heterocycles. The van der Waals surface area contributed by atoms with E-state index in [0.29, 0.717) is 30.9 Å². The zero-order valence-corrected chi connectivity index (χ0v) is 17.2. The minimum absolute atomic E-state index is 0.172. The lowest BCUT2D eigenvalue weighted by molar-refractivity contribution is -0.886. The van der Waals surface area contributed by atoms with E-state index in [9.17, 15) is 13.2 Å². The summed E-state index contributed by atoms with van der Waals surface area (Å²) in [7, 11) is -1.64. The third-order valence-corrected chi connectivity index (χ3v) is 6.96. The molecule has 1 unspecified atom stereocenters. The number of hydrogen-bond donors (Lipinski definition) is 2. The van der Waals surface area contributed by atoms with Crippen molar-refractivity contribution in [3.05, 3.63) is 47.9 Å². The maximum absolute atomic E-state index is 13.0. The summed E-state index contributed by atoms with van der Waals surface area (Å²) in [6.45, 7) is 3.74. The highest BCUT2D eigenvalue weighted by atomic mass is 32.2. The molecule has 1 aromatic carbocycles. The van der Waals surface area contributed by atoms with Gasteiger partial charge in [0, 0.05) is 18.8 Å². The van der Waals surface area contributed by atoms with Crippen molar-refractivity contribution in [2.75, 3.05) is 32.0 Å². The molecule has 0 aliphatic carbocycles. The molecule has 0 saturated carbocycles. The van der Waals surface area contributed by atoms with Crippen molar-refractivity contribution in [1.29, 1.82) is 0 Å². The third-order valence-electron chi connectivity index (χ3n) is 4.92. The number of amides is 1. The molecule has 152 valence electrons. The van der Waals surface area contributed by atoms with E-state index in [1.807, 2.05) is 19.2 Å². The van der Waals surface area contributed by atoms with Crippen molar-refractivity contribution in [2.24, 2.45) is 0 Å². The summed E-state index contributed by atoms with van der Waals surface area (Å²) in [4.78, 5) is 13.6. The first kappa shape index (κ1) is 20.6. The minimum atomic E-state index is -3.54. The fourth-order valence-electron chi connectivity index (χ4n) is 3.45. The van der Waals surface area contributed by atoms with Crippen LogP contribution in [0.2, 0.25) is 0 Å². The van der Waals surface area contributed by atoms with Gasteiger partial charge < -0.3 is 14.6 Å². The molecule has 3 rings (SSSR count). The van der Waals surface area contributed by atoms with Gasteiger partial charge in [-0.3, -0.25) is 4.79 Å². The Morgan fingerprint density at radius 1 is 1.21 bits per heavy atom. The second-order valence-electron chi connectivity index (χ2n) is 7.38. The molecule has 2 aromatic rings. The van der Waals surface area contributed by atoms with E-state index in [1.165, 1.54) is 0 Å². The Labute approximate surface area is 166 Å². The molecule has 1 saturated heterocycles. The van der Waals surface area contributed by atoms with Gasteiger partial charge >= 0.3 is 0 Å². The first-order chi connectivity index (χ1) is 13.4. The number of aryl methyl sites for hydroxylation is 1. The molecule has 2 N–H and O–H groups in total. The monoisotopic (exact) mass is 406 g/mol. The number of nitrogens with one attached hydrogen (secondary N) is 2. The van der Waals surface area contributed by atoms with Crippen molar-refractivity contribution >= 4 is 21.6 Å². The molecule has 28 heavy (non-hydrogen) atoms. The van der Waals surface area contributed by atoms with E-state index in [4.69, 9.17) is 4.42 Å². The van der Waals surface area contributed by atoms with Gasteiger partial charge in [-0.25, -0.2) is 8.42 Å². The van der Waals surface area contributed by atoms with E-state index in [-0.39, 0.29) is 17.3 Å². The van der Waals surface area contributed by atoms with Gasteiger partial charge in [0.2, 0.25) is 10.0 Å². The SMILES string of the molecule is Cc1ccc(NC(=O)C[NH+](C)Cc2ccco2)cc1S(=O)(=O)N1CCCCC1. The highest BCUT2D eigenvalue weighted by Crippen LogP contribution is 2.25. The largest absolute Gasteiger partial charge is 0.463 e. The number of carbonyl (C=O) groups excluding carboxylic acids is 1. The van der Waals surface area contributed by atoms with Crippen molar-refractivity contribution in [1.82, 2.24) is 4.31 Å². The van der Waals surface area contributed by atoms with Crippen LogP contribution < -0.4 is 10.2 Å². The van der Waals surface area contributed by atoms with Gasteiger partial charge in [0.05, 0.1) is 18.2 Å². The molecule has 1 fully saturated rings. The van der Waals surface area contributed by atoms with E-state index in [0.717, 1.165) is 29.9 Å². The van der Waals surface area contributed by atoms with Gasteiger partial charge in [-0.1, -0.05) is 12.5 Å². The molecule has 0 bridgehead atoms. The number of piperidine rings is 1. The number of quaternary nitrogens is 1. The molecular weight excluding hydrogens is 378 g/mol. The zero-order valence-electron chi connectivity index (χ0n) is 16.4. The van der Waals surface area contributed by atoms with Crippen molar-refractivity contribution in [2.45, 2.75) is 37.6 Å². The summed E-state index contributed by atoms with van der Waals surface area (Å²) in [5.41, 5.74) is 1.18. The van der Waals surface area contributed by atoms with Crippen LogP contribution in [0.25, 0.3) is 0 Å². The molecule has 1 aliphatic heterocycles. The second-order valence-corrected chi connectivity index (χ2v) is 9.29. The fraction of sp³-hybridized carbons (Fsp3) is 0.450. The number of benzene rings is 1. The first-order valence-electron chi connectivity index (χ1n) is 9.60. The van der Waals surface area contributed by atoms with Crippen LogP contribution in [-0.4, -0.2) is 45.3 Å². The summed E-state index contributed by atoms with van der Waals surface area (Å²) in [6.07, 6.45) is 4.45. The molecule has 1 atom stereocenters. The normalized spacial score (nSPS) is 16.6. The number of sulfonamides is 1. The van der Waals surface area contributed by atoms with Gasteiger partial charge in [0.25, 0.3) is 5.91 Å². The van der Waals surface area contributed by atoms with Gasteiger partial charge in [-0.05, 0) is 49.6 Å². The van der Waals surface area contributed by atoms with Gasteiger partial charge in [0.15, 0.2) is 12.3 Å². The number of carbonyl (C=O) groups is 1. The van der Waals surface area contributed by atoms with Crippen molar-refractivity contribution in [3.8, 4) is 0 Å². The van der Waals surface area contributed by atoms with Gasteiger partial charge in [0.1, 0.15) is 6.54 Å². The Morgan fingerprint density at radius 2 is 1.96 bits per heavy atom. The summed E-state index contributed by atoms with van der Waals surface area (Å²) < 4.78 is 32.9. The Balaban J connectivity index is 1.67. The standard InChI is InChI=1S/C20H27N3O4S/c1-16-8-9-17(13-19(16)28(25,26)23-10-4-3-5-11-23)21-20(24)15-22(2)14-18-7-6-12-27-18/h6-9,12-13H,3-5,10-11,14-15H2,1-2H3,(H,21,24)/p+1. The van der Waals surface area contributed by atoms with Gasteiger partial charge in [-0.15, -0.1) is 0 Å². The summed E-state index contributed by atoms with van der Waals surface area (Å²) in [5.74, 6) is 0.643. The molecule has 0 spiro atoms. The lowest BCUT2D eigenvalue weighted by Gasteiger charge is -2.26. The quantitative estimate of drug-likeness (QED) is 0.728. The molecule has 8 heteroatoms. The lowest BCUT2D eigenvalue weighted by atomic mass is 10.2. The fourth-order valence-corrected chi connectivity index (χ4v) is 5.22. The number of hydrogen-bond acceptors (Lipinski definition) is 4. The molecule has 1 aliphatic rings. The van der Waals surface area contributed by atoms with Crippen LogP contribution in [0, 0.1) is 6.92 Å². The Kier molecular flexibility index (Phi) is 6.53. The minimum Gasteiger partial charge on any atom is -0.463 e. The smallest absolute Gasteiger partial charge is 0.279 e. The van der Waals surface area contributed by atoms with Crippen LogP contribution >= 0.6 is 0 Å². The summed E-state index contributed by atoms with van der Waals surface area (Å²) >= 11 is 0. The molecule has 7 nitrogen and oxygen atoms in total. The highest BCUT2D eigenvalue weighted by Gasteiger charge is 2.27. The van der Waals surface area contributed by atoms with E-state index in [1.54, 1.807) is 35.7 Å². The predicted octanol–water partition coefficient (Wildman–Crippen LogP) is 1.42. The second kappa shape index (κ2) is 8.89. The van der Waals surface area contributed by atoms with E-state index < -0.39 is 10.0 Å². The maximum atomic E-state index is 13.0. The molecule has 1 aromatic heterocycles. The zero-order chi connectivity index (χ0) is 20.1. The van der Waals surface area contributed by atoms with Crippen molar-refractivity contribution < 1.29 is 22.5 Å². The van der Waals surface area contributed by atoms with Crippen LogP contribution in [0.15, 0.2) is 45.9 Å². The maximum Gasteiger partial charge on any atom is 0.279 e. The third kappa shape index (κ3) is 5.01. The molecule has 1 amide bonds. The Hall–Kier alpha value is -2.16. The number of nitrogens with zero attached hydrogens (tertiary/aromatic N) is 1. The Morgan fingerprint density at radius 3 is 2.64 bits per heavy atom. The topological polar surface area (TPSA) is 84.1 Å². The average Bonchev–Trinajstić information content (AvgIpc) is 3.16. The summed E-state index contributed by atoms with van der Waals surface area (Å²) in [6, 6.07) is 8.74. The number of furan rings is 1. The van der Waals surface area contributed by atoms with Crippen LogP contribution in [-0.2, 0) is 21.4 Å². The Bertz CT molecular complexity index is 904. The van der Waals surface area contributed by atoms with Crippen LogP contribution in [0.1, 0.15) is 30.6 Å². The number of rotatable bonds is 7. The molecule has 0 radical (unpaired) electrons. The van der Waals surface area contributed by atoms with Crippen LogP contribution in [0.3, 0.4) is 0 Å². The molecular formula is C20H28N3O4S+. The average molecular weight is 407 g/mol. The predicted molar refractivity (Wildman–Crippen MR) is 107 cm³/mol. The lowest BCUT2D eigenvalue weighted by Crippen LogP contribution is -3.08. The van der Waals surface area contributed by atoms with Crippen LogP contribution in [0.5, 0.6) is 0 Å². The van der Waals surface area contributed by atoms with Crippen molar-refractivity contribution in [3.63, 3.8) is 0 Å². The van der Waals surface area contributed by atoms with E-state index >= 15 is 0 Å². The number of likely N-dealkylation sites (N-methyl/N-ethyl adjacent to an activating group) is 1.